The zero-order valence-electron chi connectivity index (χ0n) is 21.3. The molecule has 0 saturated carbocycles. The van der Waals surface area contributed by atoms with Gasteiger partial charge in [0, 0.05) is 18.3 Å². The van der Waals surface area contributed by atoms with E-state index in [4.69, 9.17) is 4.74 Å². The van der Waals surface area contributed by atoms with Crippen molar-refractivity contribution >= 4 is 0 Å². The molecule has 2 nitrogen and oxygen atoms in total. The van der Waals surface area contributed by atoms with Crippen molar-refractivity contribution in [1.82, 2.24) is 0 Å². The third-order valence-electron chi connectivity index (χ3n) is 7.29. The molecule has 178 valence electrons. The van der Waals surface area contributed by atoms with Crippen LogP contribution < -0.4 is 0 Å². The molecular weight excluding hydrogens is 380 g/mol. The largest absolute Gasteiger partial charge is 0.513 e. The molecule has 6 atom stereocenters. The molecule has 1 N–H and O–H groups in total. The van der Waals surface area contributed by atoms with Crippen LogP contribution in [0.3, 0.4) is 0 Å². The lowest BCUT2D eigenvalue weighted by Crippen LogP contribution is -2.35. The first kappa shape index (κ1) is 27.6. The van der Waals surface area contributed by atoms with E-state index in [1.165, 1.54) is 37.7 Å². The molecule has 0 radical (unpaired) electrons. The summed E-state index contributed by atoms with van der Waals surface area (Å²) in [4.78, 5) is 0. The van der Waals surface area contributed by atoms with E-state index in [0.717, 1.165) is 37.4 Å². The second-order valence-electron chi connectivity index (χ2n) is 10.2. The average molecular weight is 431 g/mol. The molecule has 0 amide bonds. The van der Waals surface area contributed by atoms with Crippen LogP contribution in [0.1, 0.15) is 99.3 Å². The zero-order valence-corrected chi connectivity index (χ0v) is 21.3. The van der Waals surface area contributed by atoms with E-state index in [1.807, 2.05) is 6.92 Å². The maximum absolute atomic E-state index is 9.39. The molecule has 0 aromatic rings. The van der Waals surface area contributed by atoms with Gasteiger partial charge in [-0.05, 0) is 63.2 Å². The number of aliphatic hydroxyl groups excluding tert-OH is 1. The monoisotopic (exact) mass is 430 g/mol. The van der Waals surface area contributed by atoms with Crippen molar-refractivity contribution in [2.45, 2.75) is 105 Å². The molecule has 0 aromatic heterocycles. The van der Waals surface area contributed by atoms with Crippen molar-refractivity contribution in [3.05, 3.63) is 48.5 Å². The summed E-state index contributed by atoms with van der Waals surface area (Å²) in [6, 6.07) is 0. The van der Waals surface area contributed by atoms with E-state index in [9.17, 15) is 5.11 Å². The molecule has 0 aliphatic heterocycles. The Morgan fingerprint density at radius 3 is 2.32 bits per heavy atom. The Labute approximate surface area is 193 Å². The second-order valence-corrected chi connectivity index (χ2v) is 10.2. The van der Waals surface area contributed by atoms with Gasteiger partial charge in [-0.1, -0.05) is 84.4 Å². The lowest BCUT2D eigenvalue weighted by molar-refractivity contribution is 0.0133. The van der Waals surface area contributed by atoms with Crippen LogP contribution in [0.15, 0.2) is 48.5 Å². The van der Waals surface area contributed by atoms with Crippen molar-refractivity contribution in [1.29, 1.82) is 0 Å². The summed E-state index contributed by atoms with van der Waals surface area (Å²) < 4.78 is 6.37. The molecular formula is C29H50O2. The third-order valence-corrected chi connectivity index (χ3v) is 7.29. The van der Waals surface area contributed by atoms with Gasteiger partial charge in [0.05, 0.1) is 11.5 Å². The molecule has 0 fully saturated rings. The Morgan fingerprint density at radius 1 is 1.06 bits per heavy atom. The van der Waals surface area contributed by atoms with Gasteiger partial charge in [0.15, 0.2) is 0 Å². The molecule has 1 rings (SSSR count). The van der Waals surface area contributed by atoms with E-state index in [2.05, 4.69) is 66.0 Å². The normalized spacial score (nSPS) is 25.8. The van der Waals surface area contributed by atoms with Gasteiger partial charge in [0.2, 0.25) is 0 Å². The molecule has 0 bridgehead atoms. The fourth-order valence-corrected chi connectivity index (χ4v) is 4.48. The lowest BCUT2D eigenvalue weighted by atomic mass is 9.77. The van der Waals surface area contributed by atoms with Gasteiger partial charge in [-0.25, -0.2) is 0 Å². The maximum Gasteiger partial charge on any atom is 0.107 e. The maximum atomic E-state index is 9.39. The summed E-state index contributed by atoms with van der Waals surface area (Å²) in [7, 11) is 0. The number of aliphatic hydroxyl groups is 1. The summed E-state index contributed by atoms with van der Waals surface area (Å²) in [5.41, 5.74) is 1.47. The second kappa shape index (κ2) is 14.6. The molecule has 0 saturated heterocycles. The summed E-state index contributed by atoms with van der Waals surface area (Å²) in [5, 5.41) is 9.39. The lowest BCUT2D eigenvalue weighted by Gasteiger charge is -2.37. The van der Waals surface area contributed by atoms with E-state index in [0.29, 0.717) is 23.5 Å². The first-order chi connectivity index (χ1) is 14.6. The highest BCUT2D eigenvalue weighted by Crippen LogP contribution is 2.34. The quantitative estimate of drug-likeness (QED) is 0.207. The fourth-order valence-electron chi connectivity index (χ4n) is 4.48. The SMILES string of the molecule is C=C(CCCC(C)CCC/C(C)=C/CCC(C)C(=C)O)OC1C(CC)C=CC(C)C1C. The van der Waals surface area contributed by atoms with Crippen molar-refractivity contribution < 1.29 is 9.84 Å². The number of ether oxygens (including phenoxy) is 1. The topological polar surface area (TPSA) is 29.5 Å². The number of hydrogen-bond acceptors (Lipinski definition) is 2. The van der Waals surface area contributed by atoms with Crippen LogP contribution in [0, 0.1) is 29.6 Å². The minimum absolute atomic E-state index is 0.192. The van der Waals surface area contributed by atoms with Crippen LogP contribution in [-0.2, 0) is 4.74 Å². The fraction of sp³-hybridized carbons (Fsp3) is 0.724. The predicted molar refractivity (Wildman–Crippen MR) is 136 cm³/mol. The molecule has 0 heterocycles. The number of rotatable bonds is 15. The van der Waals surface area contributed by atoms with Gasteiger partial charge in [0.25, 0.3) is 0 Å². The molecule has 2 heteroatoms. The minimum atomic E-state index is 0.192. The molecule has 1 aliphatic carbocycles. The predicted octanol–water partition coefficient (Wildman–Crippen LogP) is 9.16. The number of hydrogen-bond donors (Lipinski definition) is 1. The Bertz CT molecular complexity index is 600. The first-order valence-electron chi connectivity index (χ1n) is 12.7. The van der Waals surface area contributed by atoms with Crippen molar-refractivity contribution in [2.75, 3.05) is 0 Å². The Hall–Kier alpha value is -1.44. The first-order valence-corrected chi connectivity index (χ1v) is 12.7. The van der Waals surface area contributed by atoms with Crippen LogP contribution >= 0.6 is 0 Å². The number of allylic oxidation sites excluding steroid dienone is 5. The third kappa shape index (κ3) is 10.6. The van der Waals surface area contributed by atoms with Crippen molar-refractivity contribution in [3.63, 3.8) is 0 Å². The van der Waals surface area contributed by atoms with E-state index >= 15 is 0 Å². The molecule has 31 heavy (non-hydrogen) atoms. The Balaban J connectivity index is 2.22. The standard InChI is InChI=1S/C29H50O2/c1-9-28-20-19-23(4)26(7)29(28)31-25(6)18-12-16-22(3)14-10-13-21(2)15-11-17-24(5)27(8)30/h15,19-20,22-24,26,28-30H,6,8-14,16-18H2,1-5,7H3/b21-15+. The van der Waals surface area contributed by atoms with Gasteiger partial charge in [-0.15, -0.1) is 0 Å². The minimum Gasteiger partial charge on any atom is -0.513 e. The van der Waals surface area contributed by atoms with Crippen molar-refractivity contribution in [3.8, 4) is 0 Å². The van der Waals surface area contributed by atoms with Gasteiger partial charge in [0.1, 0.15) is 6.10 Å². The Morgan fingerprint density at radius 2 is 1.71 bits per heavy atom. The van der Waals surface area contributed by atoms with Gasteiger partial charge in [-0.3, -0.25) is 0 Å². The zero-order chi connectivity index (χ0) is 23.4. The van der Waals surface area contributed by atoms with E-state index < -0.39 is 0 Å². The van der Waals surface area contributed by atoms with E-state index in [-0.39, 0.29) is 12.0 Å². The van der Waals surface area contributed by atoms with Crippen LogP contribution in [0.5, 0.6) is 0 Å². The molecule has 0 spiro atoms. The van der Waals surface area contributed by atoms with Gasteiger partial charge >= 0.3 is 0 Å². The highest BCUT2D eigenvalue weighted by Gasteiger charge is 2.32. The van der Waals surface area contributed by atoms with Crippen LogP contribution in [0.4, 0.5) is 0 Å². The summed E-state index contributed by atoms with van der Waals surface area (Å²) in [6.07, 6.45) is 17.6. The smallest absolute Gasteiger partial charge is 0.107 e. The molecule has 6 unspecified atom stereocenters. The van der Waals surface area contributed by atoms with Crippen LogP contribution in [0.25, 0.3) is 0 Å². The van der Waals surface area contributed by atoms with Crippen LogP contribution in [-0.4, -0.2) is 11.2 Å². The molecule has 1 aliphatic rings. The van der Waals surface area contributed by atoms with E-state index in [1.54, 1.807) is 0 Å². The summed E-state index contributed by atoms with van der Waals surface area (Å²) in [5.74, 6) is 3.86. The van der Waals surface area contributed by atoms with Gasteiger partial charge < -0.3 is 9.84 Å². The Kier molecular flexibility index (Phi) is 13.0. The van der Waals surface area contributed by atoms with Crippen molar-refractivity contribution in [2.24, 2.45) is 29.6 Å². The average Bonchev–Trinajstić information content (AvgIpc) is 2.71. The summed E-state index contributed by atoms with van der Waals surface area (Å²) in [6.45, 7) is 21.3. The highest BCUT2D eigenvalue weighted by molar-refractivity contribution is 5.05. The van der Waals surface area contributed by atoms with Crippen LogP contribution in [0.2, 0.25) is 0 Å². The summed E-state index contributed by atoms with van der Waals surface area (Å²) >= 11 is 0. The highest BCUT2D eigenvalue weighted by atomic mass is 16.5. The van der Waals surface area contributed by atoms with Gasteiger partial charge in [-0.2, -0.15) is 0 Å². The molecule has 0 aromatic carbocycles.